The second-order valence-electron chi connectivity index (χ2n) is 8.43. The molecule has 1 aliphatic carbocycles. The van der Waals surface area contributed by atoms with Crippen molar-refractivity contribution in [1.82, 2.24) is 0 Å². The van der Waals surface area contributed by atoms with Crippen LogP contribution in [0, 0.1) is 0 Å². The topological polar surface area (TPSA) is 63.6 Å². The normalized spacial score (nSPS) is 14.1. The summed E-state index contributed by atoms with van der Waals surface area (Å²) >= 11 is 0. The monoisotopic (exact) mass is 366 g/mol. The zero-order valence-electron chi connectivity index (χ0n) is 16.3. The molecule has 27 heavy (non-hydrogen) atoms. The lowest BCUT2D eigenvalue weighted by Gasteiger charge is -2.28. The molecule has 4 nitrogen and oxygen atoms in total. The van der Waals surface area contributed by atoms with Crippen LogP contribution in [0.1, 0.15) is 71.5 Å². The lowest BCUT2D eigenvalue weighted by Crippen LogP contribution is -2.31. The van der Waals surface area contributed by atoms with Gasteiger partial charge in [-0.1, -0.05) is 36.4 Å². The predicted octanol–water partition coefficient (Wildman–Crippen LogP) is 3.96. The van der Waals surface area contributed by atoms with Crippen molar-refractivity contribution in [1.29, 1.82) is 0 Å². The van der Waals surface area contributed by atoms with Gasteiger partial charge in [0, 0.05) is 28.7 Å². The Labute approximate surface area is 160 Å². The molecule has 4 heteroatoms. The molecule has 2 aromatic rings. The minimum atomic E-state index is -0.762. The van der Waals surface area contributed by atoms with Crippen LogP contribution in [0.25, 0.3) is 0 Å². The van der Waals surface area contributed by atoms with Crippen LogP contribution in [0.3, 0.4) is 0 Å². The Morgan fingerprint density at radius 3 is 2.00 bits per heavy atom. The summed E-state index contributed by atoms with van der Waals surface area (Å²) in [5.41, 5.74) is 1.60. The van der Waals surface area contributed by atoms with E-state index in [1.807, 2.05) is 26.0 Å². The number of aliphatic hydroxyl groups is 1. The van der Waals surface area contributed by atoms with Crippen LogP contribution in [-0.4, -0.2) is 34.5 Å². The smallest absolute Gasteiger partial charge is 0.194 e. The zero-order valence-corrected chi connectivity index (χ0v) is 16.3. The fourth-order valence-electron chi connectivity index (χ4n) is 3.38. The van der Waals surface area contributed by atoms with E-state index in [0.717, 1.165) is 5.56 Å². The summed E-state index contributed by atoms with van der Waals surface area (Å²) < 4.78 is 5.95. The summed E-state index contributed by atoms with van der Waals surface area (Å²) in [6.07, 6.45) is 1.15. The van der Waals surface area contributed by atoms with Gasteiger partial charge in [-0.15, -0.1) is 0 Å². The third-order valence-electron chi connectivity index (χ3n) is 4.83. The van der Waals surface area contributed by atoms with Gasteiger partial charge in [0.1, 0.15) is 0 Å². The number of carbonyl (C=O) groups is 2. The van der Waals surface area contributed by atoms with E-state index < -0.39 is 11.2 Å². The van der Waals surface area contributed by atoms with E-state index >= 15 is 0 Å². The predicted molar refractivity (Wildman–Crippen MR) is 104 cm³/mol. The maximum Gasteiger partial charge on any atom is 0.194 e. The van der Waals surface area contributed by atoms with Crippen molar-refractivity contribution < 1.29 is 19.4 Å². The lowest BCUT2D eigenvalue weighted by molar-refractivity contribution is -0.0453. The highest BCUT2D eigenvalue weighted by atomic mass is 16.5. The molecule has 0 bridgehead atoms. The molecule has 0 fully saturated rings. The molecule has 0 saturated heterocycles. The van der Waals surface area contributed by atoms with E-state index in [1.54, 1.807) is 44.2 Å². The molecule has 0 unspecified atom stereocenters. The number of rotatable bonds is 6. The molecule has 0 spiro atoms. The molecule has 1 aliphatic rings. The number of ether oxygens (including phenoxy) is 1. The molecule has 3 rings (SSSR count). The van der Waals surface area contributed by atoms with Crippen LogP contribution < -0.4 is 0 Å². The number of ketones is 2. The summed E-state index contributed by atoms with van der Waals surface area (Å²) in [6, 6.07) is 12.4. The Morgan fingerprint density at radius 2 is 1.41 bits per heavy atom. The van der Waals surface area contributed by atoms with Crippen LogP contribution in [-0.2, 0) is 11.2 Å². The molecule has 1 N–H and O–H groups in total. The number of hydrogen-bond donors (Lipinski definition) is 1. The van der Waals surface area contributed by atoms with Crippen LogP contribution in [0.4, 0.5) is 0 Å². The second kappa shape index (κ2) is 7.02. The van der Waals surface area contributed by atoms with Crippen LogP contribution in [0.15, 0.2) is 42.5 Å². The van der Waals surface area contributed by atoms with Crippen molar-refractivity contribution in [2.24, 2.45) is 0 Å². The Balaban J connectivity index is 1.80. The van der Waals surface area contributed by atoms with E-state index in [2.05, 4.69) is 0 Å². The molecule has 0 radical (unpaired) electrons. The fourth-order valence-corrected chi connectivity index (χ4v) is 3.38. The molecule has 0 saturated carbocycles. The number of fused-ring (bicyclic) bond motifs is 2. The van der Waals surface area contributed by atoms with Gasteiger partial charge >= 0.3 is 0 Å². The van der Waals surface area contributed by atoms with E-state index in [1.165, 1.54) is 0 Å². The first kappa shape index (κ1) is 19.5. The molecule has 0 aliphatic heterocycles. The Kier molecular flexibility index (Phi) is 5.06. The van der Waals surface area contributed by atoms with Crippen molar-refractivity contribution in [2.45, 2.75) is 51.7 Å². The second-order valence-corrected chi connectivity index (χ2v) is 8.43. The standard InChI is InChI=1S/C23H26O4/c1-22(2,26)11-12-27-23(3,4)14-15-9-10-18-19(13-15)21(25)17-8-6-5-7-16(17)20(18)24/h5-10,13,26H,11-12,14H2,1-4H3. The van der Waals surface area contributed by atoms with Gasteiger partial charge in [-0.05, 0) is 45.7 Å². The summed E-state index contributed by atoms with van der Waals surface area (Å²) in [4.78, 5) is 25.5. The third-order valence-corrected chi connectivity index (χ3v) is 4.83. The fraction of sp³-hybridized carbons (Fsp3) is 0.391. The maximum absolute atomic E-state index is 12.8. The van der Waals surface area contributed by atoms with Gasteiger partial charge in [-0.3, -0.25) is 9.59 Å². The van der Waals surface area contributed by atoms with E-state index in [0.29, 0.717) is 41.7 Å². The van der Waals surface area contributed by atoms with Crippen LogP contribution in [0.2, 0.25) is 0 Å². The molecule has 0 aromatic heterocycles. The minimum absolute atomic E-state index is 0.104. The highest BCUT2D eigenvalue weighted by Gasteiger charge is 2.30. The molecule has 0 heterocycles. The van der Waals surface area contributed by atoms with Crippen LogP contribution in [0.5, 0.6) is 0 Å². The highest BCUT2D eigenvalue weighted by molar-refractivity contribution is 6.28. The first-order valence-electron chi connectivity index (χ1n) is 9.25. The molecule has 0 amide bonds. The average molecular weight is 366 g/mol. The van der Waals surface area contributed by atoms with Crippen molar-refractivity contribution in [2.75, 3.05) is 6.61 Å². The Hall–Kier alpha value is -2.30. The molecular weight excluding hydrogens is 340 g/mol. The van der Waals surface area contributed by atoms with Gasteiger partial charge < -0.3 is 9.84 Å². The van der Waals surface area contributed by atoms with E-state index in [9.17, 15) is 14.7 Å². The van der Waals surface area contributed by atoms with Gasteiger partial charge in [0.2, 0.25) is 0 Å². The summed E-state index contributed by atoms with van der Waals surface area (Å²) in [5, 5.41) is 9.82. The lowest BCUT2D eigenvalue weighted by atomic mass is 9.82. The highest BCUT2D eigenvalue weighted by Crippen LogP contribution is 2.29. The van der Waals surface area contributed by atoms with Gasteiger partial charge in [-0.25, -0.2) is 0 Å². The summed E-state index contributed by atoms with van der Waals surface area (Å²) in [6.45, 7) is 7.94. The number of benzene rings is 2. The van der Waals surface area contributed by atoms with Crippen LogP contribution >= 0.6 is 0 Å². The van der Waals surface area contributed by atoms with Crippen molar-refractivity contribution in [3.05, 3.63) is 70.3 Å². The molecular formula is C23H26O4. The van der Waals surface area contributed by atoms with Gasteiger partial charge in [-0.2, -0.15) is 0 Å². The average Bonchev–Trinajstić information content (AvgIpc) is 2.58. The third kappa shape index (κ3) is 4.34. The maximum atomic E-state index is 12.8. The minimum Gasteiger partial charge on any atom is -0.390 e. The Morgan fingerprint density at radius 1 is 0.852 bits per heavy atom. The largest absolute Gasteiger partial charge is 0.390 e. The number of carbonyl (C=O) groups excluding carboxylic acids is 2. The van der Waals surface area contributed by atoms with Crippen molar-refractivity contribution >= 4 is 11.6 Å². The van der Waals surface area contributed by atoms with Gasteiger partial charge in [0.25, 0.3) is 0 Å². The molecule has 142 valence electrons. The van der Waals surface area contributed by atoms with Crippen molar-refractivity contribution in [3.8, 4) is 0 Å². The van der Waals surface area contributed by atoms with E-state index in [-0.39, 0.29) is 11.6 Å². The zero-order chi connectivity index (χ0) is 19.8. The number of hydrogen-bond acceptors (Lipinski definition) is 4. The SMILES string of the molecule is CC(C)(O)CCOC(C)(C)Cc1ccc2c(c1)C(=O)c1ccccc1C2=O. The quantitative estimate of drug-likeness (QED) is 0.717. The van der Waals surface area contributed by atoms with E-state index in [4.69, 9.17) is 4.74 Å². The molecule has 2 aromatic carbocycles. The molecule has 0 atom stereocenters. The first-order chi connectivity index (χ1) is 12.6. The van der Waals surface area contributed by atoms with Crippen molar-refractivity contribution in [3.63, 3.8) is 0 Å². The first-order valence-corrected chi connectivity index (χ1v) is 9.25. The Bertz CT molecular complexity index is 887. The summed E-state index contributed by atoms with van der Waals surface area (Å²) in [5.74, 6) is -0.213. The van der Waals surface area contributed by atoms with Gasteiger partial charge in [0.15, 0.2) is 11.6 Å². The van der Waals surface area contributed by atoms with Gasteiger partial charge in [0.05, 0.1) is 17.8 Å². The summed E-state index contributed by atoms with van der Waals surface area (Å²) in [7, 11) is 0.